The first-order valence-corrected chi connectivity index (χ1v) is 11.8. The van der Waals surface area contributed by atoms with Crippen LogP contribution in [0.25, 0.3) is 0 Å². The quantitative estimate of drug-likeness (QED) is 0.462. The second-order valence-corrected chi connectivity index (χ2v) is 9.49. The van der Waals surface area contributed by atoms with E-state index in [9.17, 15) is 26.4 Å². The Bertz CT molecular complexity index is 1240. The monoisotopic (exact) mass is 569 g/mol. The molecule has 0 aliphatic carbocycles. The van der Waals surface area contributed by atoms with Gasteiger partial charge in [0.05, 0.1) is 5.69 Å². The Morgan fingerprint density at radius 3 is 2.27 bits per heavy atom. The summed E-state index contributed by atoms with van der Waals surface area (Å²) in [4.78, 5) is 23.1. The van der Waals surface area contributed by atoms with Gasteiger partial charge < -0.3 is 14.5 Å². The summed E-state index contributed by atoms with van der Waals surface area (Å²) < 4.78 is 64.9. The molecular formula is C18H15BrF3N3O6S2. The van der Waals surface area contributed by atoms with Crippen molar-refractivity contribution in [2.45, 2.75) is 18.0 Å². The molecule has 1 aromatic carbocycles. The molecule has 2 aromatic heterocycles. The Morgan fingerprint density at radius 2 is 1.79 bits per heavy atom. The number of carboxylic acids is 1. The Kier molecular flexibility index (Phi) is 8.26. The number of hydrogen-bond donors (Lipinski definition) is 2. The van der Waals surface area contributed by atoms with Gasteiger partial charge in [0.1, 0.15) is 14.2 Å². The number of nitrogens with zero attached hydrogens (tertiary/aromatic N) is 2. The summed E-state index contributed by atoms with van der Waals surface area (Å²) in [5.74, 6) is -3.21. The molecule has 0 fully saturated rings. The van der Waals surface area contributed by atoms with Crippen LogP contribution in [0.2, 0.25) is 0 Å². The van der Waals surface area contributed by atoms with Crippen LogP contribution in [-0.4, -0.2) is 43.8 Å². The van der Waals surface area contributed by atoms with E-state index in [0.717, 1.165) is 11.3 Å². The number of amides is 1. The second-order valence-electron chi connectivity index (χ2n) is 6.13. The highest BCUT2D eigenvalue weighted by molar-refractivity contribution is 9.10. The van der Waals surface area contributed by atoms with Crippen molar-refractivity contribution in [2.24, 2.45) is 0 Å². The average molecular weight is 570 g/mol. The maximum absolute atomic E-state index is 12.8. The molecule has 33 heavy (non-hydrogen) atoms. The van der Waals surface area contributed by atoms with Crippen LogP contribution in [-0.2, 0) is 14.8 Å². The molecule has 0 saturated carbocycles. The van der Waals surface area contributed by atoms with Crippen LogP contribution in [0, 0.1) is 6.92 Å². The van der Waals surface area contributed by atoms with Gasteiger partial charge in [0, 0.05) is 12.7 Å². The second kappa shape index (κ2) is 10.4. The molecule has 0 aliphatic heterocycles. The zero-order valence-corrected chi connectivity index (χ0v) is 20.0. The van der Waals surface area contributed by atoms with Crippen molar-refractivity contribution in [3.05, 3.63) is 56.8 Å². The van der Waals surface area contributed by atoms with Gasteiger partial charge in [-0.3, -0.25) is 4.79 Å². The fraction of sp³-hybridized carbons (Fsp3) is 0.167. The van der Waals surface area contributed by atoms with E-state index in [1.54, 1.807) is 43.6 Å². The van der Waals surface area contributed by atoms with Gasteiger partial charge in [-0.2, -0.15) is 13.2 Å². The molecule has 3 rings (SSSR count). The third-order valence-electron chi connectivity index (χ3n) is 3.82. The number of aliphatic carboxylic acids is 1. The Labute approximate surface area is 198 Å². The minimum atomic E-state index is -5.08. The van der Waals surface area contributed by atoms with Crippen molar-refractivity contribution in [3.63, 3.8) is 0 Å². The summed E-state index contributed by atoms with van der Waals surface area (Å²) in [6.07, 6.45) is -5.08. The van der Waals surface area contributed by atoms with Crippen LogP contribution in [0.1, 0.15) is 15.4 Å². The highest BCUT2D eigenvalue weighted by Crippen LogP contribution is 2.31. The Morgan fingerprint density at radius 1 is 1.21 bits per heavy atom. The highest BCUT2D eigenvalue weighted by Gasteiger charge is 2.38. The van der Waals surface area contributed by atoms with Crippen LogP contribution in [0.4, 0.5) is 24.7 Å². The molecule has 178 valence electrons. The molecule has 0 radical (unpaired) electrons. The lowest BCUT2D eigenvalue weighted by molar-refractivity contribution is -0.192. The number of carboxylic acid groups (broad SMARTS) is 1. The van der Waals surface area contributed by atoms with Crippen LogP contribution in [0.5, 0.6) is 0 Å². The van der Waals surface area contributed by atoms with Gasteiger partial charge in [-0.1, -0.05) is 23.4 Å². The van der Waals surface area contributed by atoms with Gasteiger partial charge in [0.25, 0.3) is 21.8 Å². The molecule has 0 aliphatic rings. The van der Waals surface area contributed by atoms with E-state index >= 15 is 0 Å². The minimum Gasteiger partial charge on any atom is -0.475 e. The predicted molar refractivity (Wildman–Crippen MR) is 117 cm³/mol. The molecule has 2 N–H and O–H groups in total. The third-order valence-corrected chi connectivity index (χ3v) is 7.16. The fourth-order valence-corrected chi connectivity index (χ4v) is 4.95. The molecule has 15 heteroatoms. The van der Waals surface area contributed by atoms with Crippen molar-refractivity contribution in [3.8, 4) is 0 Å². The van der Waals surface area contributed by atoms with E-state index in [4.69, 9.17) is 14.4 Å². The number of alkyl halides is 3. The summed E-state index contributed by atoms with van der Waals surface area (Å²) in [5.41, 5.74) is 1.17. The van der Waals surface area contributed by atoms with Gasteiger partial charge in [0.2, 0.25) is 0 Å². The van der Waals surface area contributed by atoms with Crippen molar-refractivity contribution in [2.75, 3.05) is 16.7 Å². The number of aryl methyl sites for hydroxylation is 1. The average Bonchev–Trinajstić information content (AvgIpc) is 3.36. The Hall–Kier alpha value is -2.91. The zero-order chi connectivity index (χ0) is 25.0. The Balaban J connectivity index is 0.000000479. The molecule has 0 saturated heterocycles. The third kappa shape index (κ3) is 6.55. The van der Waals surface area contributed by atoms with E-state index in [1.807, 2.05) is 6.07 Å². The first-order valence-electron chi connectivity index (χ1n) is 8.61. The summed E-state index contributed by atoms with van der Waals surface area (Å²) in [7, 11) is -2.43. The zero-order valence-electron chi connectivity index (χ0n) is 16.8. The molecule has 0 spiro atoms. The molecule has 1 amide bonds. The number of aromatic nitrogens is 1. The largest absolute Gasteiger partial charge is 0.490 e. The number of rotatable bonds is 5. The molecule has 2 heterocycles. The van der Waals surface area contributed by atoms with Gasteiger partial charge in [0.15, 0.2) is 0 Å². The molecule has 9 nitrogen and oxygen atoms in total. The van der Waals surface area contributed by atoms with E-state index in [2.05, 4.69) is 25.8 Å². The number of benzene rings is 1. The molecular weight excluding hydrogens is 555 g/mol. The summed E-state index contributed by atoms with van der Waals surface area (Å²) in [6.45, 7) is 1.67. The van der Waals surface area contributed by atoms with Crippen molar-refractivity contribution in [1.29, 1.82) is 0 Å². The number of carbonyl (C=O) groups excluding carboxylic acids is 1. The van der Waals surface area contributed by atoms with E-state index in [-0.39, 0.29) is 15.7 Å². The lowest BCUT2D eigenvalue weighted by atomic mass is 10.3. The highest BCUT2D eigenvalue weighted by atomic mass is 79.9. The lowest BCUT2D eigenvalue weighted by Gasteiger charge is -2.17. The van der Waals surface area contributed by atoms with E-state index in [0.29, 0.717) is 15.9 Å². The van der Waals surface area contributed by atoms with E-state index in [1.165, 1.54) is 11.0 Å². The number of nitrogens with one attached hydrogen (secondary N) is 1. The van der Waals surface area contributed by atoms with Crippen molar-refractivity contribution < 1.29 is 40.8 Å². The maximum atomic E-state index is 12.8. The van der Waals surface area contributed by atoms with Gasteiger partial charge >= 0.3 is 12.1 Å². The van der Waals surface area contributed by atoms with Crippen LogP contribution in [0.3, 0.4) is 0 Å². The standard InChI is InChI=1S/C16H14BrN3O4S2.C2HF3O2/c1-10-13(17)15(24-18-10)19-26(22,23)12-8-9-25-14(12)16(21)20(2)11-6-4-3-5-7-11;3-2(4,5)1(6)7/h3-9,19H,1-2H3;(H,6,7). The number of carbonyl (C=O) groups is 2. The smallest absolute Gasteiger partial charge is 0.475 e. The van der Waals surface area contributed by atoms with Gasteiger partial charge in [-0.25, -0.2) is 17.9 Å². The van der Waals surface area contributed by atoms with Crippen LogP contribution >= 0.6 is 27.3 Å². The number of sulfonamides is 1. The summed E-state index contributed by atoms with van der Waals surface area (Å²) in [5, 5.41) is 12.4. The molecule has 3 aromatic rings. The normalized spacial score (nSPS) is 11.3. The van der Waals surface area contributed by atoms with Gasteiger partial charge in [-0.15, -0.1) is 11.3 Å². The summed E-state index contributed by atoms with van der Waals surface area (Å²) in [6, 6.07) is 10.4. The first-order chi connectivity index (χ1) is 15.3. The lowest BCUT2D eigenvalue weighted by Crippen LogP contribution is -2.27. The first kappa shape index (κ1) is 26.3. The number of thiophene rings is 1. The maximum Gasteiger partial charge on any atom is 0.490 e. The van der Waals surface area contributed by atoms with Crippen molar-refractivity contribution >= 4 is 60.7 Å². The summed E-state index contributed by atoms with van der Waals surface area (Å²) >= 11 is 4.27. The fourth-order valence-electron chi connectivity index (χ4n) is 2.19. The number of para-hydroxylation sites is 1. The van der Waals surface area contributed by atoms with E-state index < -0.39 is 28.1 Å². The molecule has 0 bridgehead atoms. The SMILES string of the molecule is Cc1noc(NS(=O)(=O)c2ccsc2C(=O)N(C)c2ccccc2)c1Br.O=C(O)C(F)(F)F. The number of hydrogen-bond acceptors (Lipinski definition) is 7. The van der Waals surface area contributed by atoms with Crippen molar-refractivity contribution in [1.82, 2.24) is 5.16 Å². The minimum absolute atomic E-state index is 0.0384. The van der Waals surface area contributed by atoms with Gasteiger partial charge in [-0.05, 0) is 46.4 Å². The number of halogens is 4. The predicted octanol–water partition coefficient (Wildman–Crippen LogP) is 4.52. The molecule has 0 unspecified atom stereocenters. The van der Waals surface area contributed by atoms with Crippen LogP contribution < -0.4 is 9.62 Å². The van der Waals surface area contributed by atoms with Crippen LogP contribution in [0.15, 0.2) is 55.7 Å². The topological polar surface area (TPSA) is 130 Å². The number of anilines is 2. The molecule has 0 atom stereocenters.